The third-order valence-corrected chi connectivity index (χ3v) is 6.56. The fraction of sp³-hybridized carbons (Fsp3) is 0.647. The lowest BCUT2D eigenvalue weighted by Crippen LogP contribution is -2.44. The number of rotatable bonds is 5. The highest BCUT2D eigenvalue weighted by Gasteiger charge is 2.60. The number of esters is 1. The SMILES string of the molecule is CCOC(=O)[C@@]1(CC)C[C@H]2CC[C@@H]1N2c1ccc(S(C)(=O)=O)cn1. The molecule has 0 aromatic carbocycles. The molecule has 0 spiro atoms. The van der Waals surface area contributed by atoms with Crippen LogP contribution in [0.15, 0.2) is 23.2 Å². The zero-order valence-electron chi connectivity index (χ0n) is 14.4. The van der Waals surface area contributed by atoms with E-state index in [1.54, 1.807) is 12.1 Å². The van der Waals surface area contributed by atoms with E-state index in [0.29, 0.717) is 6.61 Å². The van der Waals surface area contributed by atoms with Crippen molar-refractivity contribution in [2.75, 3.05) is 17.8 Å². The molecule has 0 radical (unpaired) electrons. The van der Waals surface area contributed by atoms with Gasteiger partial charge in [-0.1, -0.05) is 6.92 Å². The summed E-state index contributed by atoms with van der Waals surface area (Å²) in [5, 5.41) is 0. The number of carbonyl (C=O) groups is 1. The molecule has 132 valence electrons. The highest BCUT2D eigenvalue weighted by molar-refractivity contribution is 7.90. The van der Waals surface area contributed by atoms with Crippen LogP contribution in [0.2, 0.25) is 0 Å². The van der Waals surface area contributed by atoms with Crippen LogP contribution in [0.5, 0.6) is 0 Å². The van der Waals surface area contributed by atoms with Crippen LogP contribution in [0.4, 0.5) is 5.82 Å². The molecular weight excluding hydrogens is 328 g/mol. The molecule has 2 aliphatic rings. The number of carbonyl (C=O) groups excluding carboxylic acids is 1. The molecule has 0 unspecified atom stereocenters. The maximum atomic E-state index is 12.6. The molecule has 0 saturated carbocycles. The first-order valence-electron chi connectivity index (χ1n) is 8.45. The predicted octanol–water partition coefficient (Wildman–Crippen LogP) is 2.19. The number of pyridine rings is 1. The smallest absolute Gasteiger partial charge is 0.314 e. The number of aromatic nitrogens is 1. The maximum Gasteiger partial charge on any atom is 0.314 e. The fourth-order valence-corrected chi connectivity index (χ4v) is 4.85. The number of fused-ring (bicyclic) bond motifs is 2. The molecule has 3 heterocycles. The van der Waals surface area contributed by atoms with Crippen LogP contribution in [0, 0.1) is 5.41 Å². The number of anilines is 1. The van der Waals surface area contributed by atoms with E-state index in [-0.39, 0.29) is 22.9 Å². The lowest BCUT2D eigenvalue weighted by atomic mass is 9.72. The summed E-state index contributed by atoms with van der Waals surface area (Å²) >= 11 is 0. The molecule has 2 bridgehead atoms. The minimum Gasteiger partial charge on any atom is -0.466 e. The van der Waals surface area contributed by atoms with Gasteiger partial charge < -0.3 is 9.64 Å². The normalized spacial score (nSPS) is 29.0. The van der Waals surface area contributed by atoms with Crippen LogP contribution in [0.25, 0.3) is 0 Å². The predicted molar refractivity (Wildman–Crippen MR) is 90.6 cm³/mol. The molecule has 2 saturated heterocycles. The van der Waals surface area contributed by atoms with Crippen LogP contribution in [-0.4, -0.2) is 44.3 Å². The second-order valence-electron chi connectivity index (χ2n) is 6.71. The summed E-state index contributed by atoms with van der Waals surface area (Å²) in [4.78, 5) is 19.4. The van der Waals surface area contributed by atoms with E-state index in [1.165, 1.54) is 12.5 Å². The van der Waals surface area contributed by atoms with E-state index in [2.05, 4.69) is 9.88 Å². The maximum absolute atomic E-state index is 12.6. The van der Waals surface area contributed by atoms with Crippen molar-refractivity contribution in [1.29, 1.82) is 0 Å². The van der Waals surface area contributed by atoms with Crippen LogP contribution < -0.4 is 4.90 Å². The standard InChI is InChI=1S/C17H24N2O4S/c1-4-17(16(20)23-5-2)10-12-6-8-14(17)19(12)15-9-7-13(11-18-15)24(3,21)22/h7,9,11-12,14H,4-6,8,10H2,1-3H3/t12-,14+,17+/m1/s1. The van der Waals surface area contributed by atoms with Crippen molar-refractivity contribution in [3.63, 3.8) is 0 Å². The molecule has 3 rings (SSSR count). The summed E-state index contributed by atoms with van der Waals surface area (Å²) in [6.07, 6.45) is 6.06. The van der Waals surface area contributed by atoms with E-state index in [9.17, 15) is 13.2 Å². The van der Waals surface area contributed by atoms with E-state index >= 15 is 0 Å². The summed E-state index contributed by atoms with van der Waals surface area (Å²) in [7, 11) is -3.26. The molecule has 6 nitrogen and oxygen atoms in total. The Kier molecular flexibility index (Phi) is 4.32. The molecule has 24 heavy (non-hydrogen) atoms. The van der Waals surface area contributed by atoms with Gasteiger partial charge in [0.15, 0.2) is 9.84 Å². The highest BCUT2D eigenvalue weighted by Crippen LogP contribution is 2.53. The third-order valence-electron chi connectivity index (χ3n) is 5.47. The first-order chi connectivity index (χ1) is 11.3. The summed E-state index contributed by atoms with van der Waals surface area (Å²) in [6.45, 7) is 4.26. The summed E-state index contributed by atoms with van der Waals surface area (Å²) in [6, 6.07) is 3.67. The third kappa shape index (κ3) is 2.59. The van der Waals surface area contributed by atoms with Crippen LogP contribution >= 0.6 is 0 Å². The van der Waals surface area contributed by atoms with Gasteiger partial charge in [0.2, 0.25) is 0 Å². The van der Waals surface area contributed by atoms with Crippen molar-refractivity contribution in [2.45, 2.75) is 56.5 Å². The second-order valence-corrected chi connectivity index (χ2v) is 8.73. The largest absolute Gasteiger partial charge is 0.466 e. The van der Waals surface area contributed by atoms with Gasteiger partial charge in [0.05, 0.1) is 16.9 Å². The van der Waals surface area contributed by atoms with Gasteiger partial charge in [-0.05, 0) is 44.7 Å². The van der Waals surface area contributed by atoms with Crippen LogP contribution in [-0.2, 0) is 19.4 Å². The molecule has 1 aromatic heterocycles. The molecule has 0 aliphatic carbocycles. The molecular formula is C17H24N2O4S. The van der Waals surface area contributed by atoms with Crippen LogP contribution in [0.3, 0.4) is 0 Å². The average molecular weight is 352 g/mol. The van der Waals surface area contributed by atoms with Crippen molar-refractivity contribution in [2.24, 2.45) is 5.41 Å². The van der Waals surface area contributed by atoms with E-state index in [0.717, 1.165) is 31.5 Å². The van der Waals surface area contributed by atoms with Gasteiger partial charge >= 0.3 is 5.97 Å². The highest BCUT2D eigenvalue weighted by atomic mass is 32.2. The van der Waals surface area contributed by atoms with Gasteiger partial charge in [0.25, 0.3) is 0 Å². The minimum absolute atomic E-state index is 0.0723. The fourth-order valence-electron chi connectivity index (χ4n) is 4.29. The molecule has 3 atom stereocenters. The van der Waals surface area contributed by atoms with Gasteiger partial charge in [0, 0.05) is 24.5 Å². The van der Waals surface area contributed by atoms with Crippen molar-refractivity contribution in [3.05, 3.63) is 18.3 Å². The van der Waals surface area contributed by atoms with Gasteiger partial charge in [-0.15, -0.1) is 0 Å². The zero-order chi connectivity index (χ0) is 17.5. The molecule has 2 fully saturated rings. The lowest BCUT2D eigenvalue weighted by molar-refractivity contribution is -0.157. The molecule has 1 aromatic rings. The molecule has 0 N–H and O–H groups in total. The minimum atomic E-state index is -3.26. The Morgan fingerprint density at radius 1 is 1.38 bits per heavy atom. The van der Waals surface area contributed by atoms with Gasteiger partial charge in [-0.3, -0.25) is 4.79 Å². The number of sulfone groups is 1. The number of hydrogen-bond acceptors (Lipinski definition) is 6. The second kappa shape index (κ2) is 6.02. The van der Waals surface area contributed by atoms with E-state index < -0.39 is 15.3 Å². The van der Waals surface area contributed by atoms with Crippen molar-refractivity contribution in [3.8, 4) is 0 Å². The number of hydrogen-bond donors (Lipinski definition) is 0. The van der Waals surface area contributed by atoms with Crippen LogP contribution in [0.1, 0.15) is 39.5 Å². The topological polar surface area (TPSA) is 76.6 Å². The Labute approximate surface area is 143 Å². The Morgan fingerprint density at radius 2 is 2.12 bits per heavy atom. The summed E-state index contributed by atoms with van der Waals surface area (Å²) < 4.78 is 28.6. The Bertz CT molecular complexity index is 731. The van der Waals surface area contributed by atoms with Crippen molar-refractivity contribution < 1.29 is 17.9 Å². The first kappa shape index (κ1) is 17.2. The number of ether oxygens (including phenoxy) is 1. The monoisotopic (exact) mass is 352 g/mol. The quantitative estimate of drug-likeness (QED) is 0.756. The lowest BCUT2D eigenvalue weighted by Gasteiger charge is -2.34. The van der Waals surface area contributed by atoms with Gasteiger partial charge in [-0.25, -0.2) is 13.4 Å². The first-order valence-corrected chi connectivity index (χ1v) is 10.3. The van der Waals surface area contributed by atoms with Crippen molar-refractivity contribution in [1.82, 2.24) is 4.98 Å². The van der Waals surface area contributed by atoms with E-state index in [4.69, 9.17) is 4.74 Å². The van der Waals surface area contributed by atoms with Gasteiger partial charge in [-0.2, -0.15) is 0 Å². The Balaban J connectivity index is 1.92. The summed E-state index contributed by atoms with van der Waals surface area (Å²) in [5.41, 5.74) is -0.476. The molecule has 7 heteroatoms. The number of nitrogens with zero attached hydrogens (tertiary/aromatic N) is 2. The van der Waals surface area contributed by atoms with E-state index in [1.807, 2.05) is 13.8 Å². The Morgan fingerprint density at radius 3 is 2.67 bits per heavy atom. The molecule has 0 amide bonds. The van der Waals surface area contributed by atoms with Crippen molar-refractivity contribution >= 4 is 21.6 Å². The zero-order valence-corrected chi connectivity index (χ0v) is 15.2. The summed E-state index contributed by atoms with van der Waals surface area (Å²) in [5.74, 6) is 0.631. The van der Waals surface area contributed by atoms with Gasteiger partial charge in [0.1, 0.15) is 5.82 Å². The molecule has 2 aliphatic heterocycles. The Hall–Kier alpha value is -1.63. The average Bonchev–Trinajstić information content (AvgIpc) is 3.10.